The van der Waals surface area contributed by atoms with E-state index in [9.17, 15) is 13.7 Å². The van der Waals surface area contributed by atoms with Crippen LogP contribution in [0.5, 0.6) is 0 Å². The van der Waals surface area contributed by atoms with E-state index in [4.69, 9.17) is 14.6 Å². The molecule has 4 aliphatic rings. The van der Waals surface area contributed by atoms with Gasteiger partial charge in [0.2, 0.25) is 0 Å². The maximum atomic E-state index is 14.8. The van der Waals surface area contributed by atoms with Gasteiger partial charge in [-0.15, -0.1) is 0 Å². The van der Waals surface area contributed by atoms with Crippen LogP contribution in [0.3, 0.4) is 0 Å². The number of nitrogens with zero attached hydrogens (tertiary/aromatic N) is 4. The Morgan fingerprint density at radius 2 is 1.89 bits per heavy atom. The minimum atomic E-state index is -1.57. The molecular weight excluding hydrogens is 483 g/mol. The second-order valence-electron chi connectivity index (χ2n) is 10.2. The number of aromatic nitrogens is 2. The quantitative estimate of drug-likeness (QED) is 0.569. The molecule has 2 aromatic rings. The lowest BCUT2D eigenvalue weighted by molar-refractivity contribution is 0.0297. The largest absolute Gasteiger partial charge is 0.611 e. The lowest BCUT2D eigenvalue weighted by Gasteiger charge is -2.27. The normalized spacial score (nSPS) is 25.1. The average molecular weight is 517 g/mol. The number of fused-ring (bicyclic) bond motifs is 3. The zero-order valence-electron chi connectivity index (χ0n) is 20.5. The van der Waals surface area contributed by atoms with Crippen LogP contribution in [0.4, 0.5) is 4.39 Å². The Hall–Kier alpha value is -1.98. The van der Waals surface area contributed by atoms with Crippen molar-refractivity contribution in [3.8, 4) is 11.3 Å². The molecule has 10 heteroatoms. The molecule has 36 heavy (non-hydrogen) atoms. The van der Waals surface area contributed by atoms with Crippen molar-refractivity contribution in [2.75, 3.05) is 59.2 Å². The molecule has 1 unspecified atom stereocenters. The summed E-state index contributed by atoms with van der Waals surface area (Å²) in [5, 5.41) is 4.88. The molecule has 8 nitrogen and oxygen atoms in total. The van der Waals surface area contributed by atoms with Crippen molar-refractivity contribution in [1.29, 1.82) is 0 Å². The molecule has 1 aromatic carbocycles. The zero-order valence-corrected chi connectivity index (χ0v) is 21.3. The number of carbonyl (C=O) groups is 1. The van der Waals surface area contributed by atoms with Crippen molar-refractivity contribution in [2.45, 2.75) is 42.4 Å². The monoisotopic (exact) mass is 516 g/mol. The van der Waals surface area contributed by atoms with Gasteiger partial charge in [-0.25, -0.2) is 4.39 Å². The summed E-state index contributed by atoms with van der Waals surface area (Å²) < 4.78 is 40.8. The lowest BCUT2D eigenvalue weighted by Crippen LogP contribution is -2.41. The van der Waals surface area contributed by atoms with Gasteiger partial charge in [-0.05, 0) is 61.5 Å². The minimum absolute atomic E-state index is 0.0855. The van der Waals surface area contributed by atoms with Gasteiger partial charge in [0.25, 0.3) is 5.91 Å². The fourth-order valence-electron chi connectivity index (χ4n) is 5.99. The highest BCUT2D eigenvalue weighted by Gasteiger charge is 2.40. The number of halogens is 1. The predicted octanol–water partition coefficient (Wildman–Crippen LogP) is 2.85. The molecule has 4 aliphatic heterocycles. The standard InChI is InChI=1S/C26H33FN4O4S/c27-22-3-1-2-20-24-21(17-36(33)25(20)22)23(26(32)30-10-14-35-15-11-30)28-31(24)19-5-9-29(16-19)8-4-18-6-12-34-13-7-18/h1-3,18-19H,4-17H2/t19-,36?/m1/s1. The van der Waals surface area contributed by atoms with Crippen molar-refractivity contribution in [2.24, 2.45) is 5.92 Å². The van der Waals surface area contributed by atoms with E-state index in [0.717, 1.165) is 63.7 Å². The molecule has 2 atom stereocenters. The van der Waals surface area contributed by atoms with Crippen molar-refractivity contribution >= 4 is 17.1 Å². The highest BCUT2D eigenvalue weighted by Crippen LogP contribution is 2.43. The average Bonchev–Trinajstić information content (AvgIpc) is 3.53. The molecule has 1 aromatic heterocycles. The molecule has 0 radical (unpaired) electrons. The van der Waals surface area contributed by atoms with Crippen molar-refractivity contribution in [1.82, 2.24) is 19.6 Å². The number of morpholine rings is 1. The smallest absolute Gasteiger partial charge is 0.275 e. The van der Waals surface area contributed by atoms with E-state index in [2.05, 4.69) is 4.90 Å². The van der Waals surface area contributed by atoms with Crippen LogP contribution in [0.15, 0.2) is 23.1 Å². The van der Waals surface area contributed by atoms with Gasteiger partial charge in [0, 0.05) is 39.4 Å². The summed E-state index contributed by atoms with van der Waals surface area (Å²) >= 11 is -1.57. The van der Waals surface area contributed by atoms with E-state index in [1.165, 1.54) is 12.5 Å². The number of amides is 1. The Kier molecular flexibility index (Phi) is 7.05. The van der Waals surface area contributed by atoms with E-state index in [1.807, 2.05) is 10.7 Å². The van der Waals surface area contributed by atoms with Crippen LogP contribution in [-0.4, -0.2) is 89.2 Å². The summed E-state index contributed by atoms with van der Waals surface area (Å²) in [6.07, 6.45) is 4.36. The molecule has 6 rings (SSSR count). The van der Waals surface area contributed by atoms with Crippen molar-refractivity contribution in [3.05, 3.63) is 35.3 Å². The summed E-state index contributed by atoms with van der Waals surface area (Å²) in [4.78, 5) is 18.0. The van der Waals surface area contributed by atoms with Gasteiger partial charge in [-0.3, -0.25) is 9.48 Å². The molecule has 194 valence electrons. The van der Waals surface area contributed by atoms with Crippen LogP contribution in [0.2, 0.25) is 0 Å². The Balaban J connectivity index is 1.31. The molecule has 0 saturated carbocycles. The molecule has 0 aliphatic carbocycles. The fourth-order valence-corrected chi connectivity index (χ4v) is 7.36. The molecule has 0 spiro atoms. The number of carbonyl (C=O) groups excluding carboxylic acids is 1. The summed E-state index contributed by atoms with van der Waals surface area (Å²) in [6, 6.07) is 4.90. The van der Waals surface area contributed by atoms with Crippen LogP contribution in [0.25, 0.3) is 11.3 Å². The van der Waals surface area contributed by atoms with Crippen LogP contribution in [0, 0.1) is 11.7 Å². The lowest BCUT2D eigenvalue weighted by atomic mass is 9.96. The van der Waals surface area contributed by atoms with Crippen LogP contribution < -0.4 is 0 Å². The Bertz CT molecular complexity index is 1120. The summed E-state index contributed by atoms with van der Waals surface area (Å²) in [7, 11) is 0. The van der Waals surface area contributed by atoms with Gasteiger partial charge in [0.1, 0.15) is 5.75 Å². The molecule has 1 amide bonds. The second-order valence-corrected chi connectivity index (χ2v) is 11.6. The molecule has 5 heterocycles. The highest BCUT2D eigenvalue weighted by atomic mass is 32.2. The second kappa shape index (κ2) is 10.4. The first-order valence-corrected chi connectivity index (χ1v) is 14.4. The zero-order chi connectivity index (χ0) is 24.6. The molecule has 0 bridgehead atoms. The van der Waals surface area contributed by atoms with Crippen molar-refractivity contribution in [3.63, 3.8) is 0 Å². The van der Waals surface area contributed by atoms with Crippen LogP contribution in [0.1, 0.15) is 47.8 Å². The fraction of sp³-hybridized carbons (Fsp3) is 0.615. The summed E-state index contributed by atoms with van der Waals surface area (Å²) in [6.45, 7) is 6.61. The van der Waals surface area contributed by atoms with Gasteiger partial charge in [0.15, 0.2) is 16.4 Å². The predicted molar refractivity (Wildman–Crippen MR) is 133 cm³/mol. The first-order valence-electron chi connectivity index (χ1n) is 13.1. The third-order valence-corrected chi connectivity index (χ3v) is 9.44. The number of benzene rings is 1. The minimum Gasteiger partial charge on any atom is -0.611 e. The Morgan fingerprint density at radius 1 is 1.11 bits per heavy atom. The summed E-state index contributed by atoms with van der Waals surface area (Å²) in [5.74, 6) is 0.210. The first kappa shape index (κ1) is 24.4. The number of ether oxygens (including phenoxy) is 2. The van der Waals surface area contributed by atoms with E-state index in [1.54, 1.807) is 11.0 Å². The number of rotatable bonds is 5. The van der Waals surface area contributed by atoms with Crippen molar-refractivity contribution < 1.29 is 23.2 Å². The van der Waals surface area contributed by atoms with Gasteiger partial charge in [-0.2, -0.15) is 5.10 Å². The molecular formula is C26H33FN4O4S. The topological polar surface area (TPSA) is 82.9 Å². The van der Waals surface area contributed by atoms with E-state index >= 15 is 0 Å². The Labute approximate surface area is 213 Å². The van der Waals surface area contributed by atoms with E-state index < -0.39 is 17.0 Å². The van der Waals surface area contributed by atoms with Gasteiger partial charge >= 0.3 is 0 Å². The maximum absolute atomic E-state index is 14.8. The highest BCUT2D eigenvalue weighted by molar-refractivity contribution is 7.90. The van der Waals surface area contributed by atoms with Crippen LogP contribution >= 0.6 is 0 Å². The van der Waals surface area contributed by atoms with E-state index in [0.29, 0.717) is 43.1 Å². The third-order valence-electron chi connectivity index (χ3n) is 8.02. The number of hydrogen-bond donors (Lipinski definition) is 0. The van der Waals surface area contributed by atoms with E-state index in [-0.39, 0.29) is 22.6 Å². The number of hydrogen-bond acceptors (Lipinski definition) is 6. The Morgan fingerprint density at radius 3 is 2.69 bits per heavy atom. The van der Waals surface area contributed by atoms with Gasteiger partial charge in [0.05, 0.1) is 36.1 Å². The SMILES string of the molecule is O=C(c1nn([C@@H]2CCN(CCC3CCOCC3)C2)c2c1C[S+]([O-])c1c(F)cccc1-2)N1CCOCC1. The van der Waals surface area contributed by atoms with Gasteiger partial charge in [-0.1, -0.05) is 6.07 Å². The summed E-state index contributed by atoms with van der Waals surface area (Å²) in [5.41, 5.74) is 2.40. The molecule has 0 N–H and O–H groups in total. The number of likely N-dealkylation sites (tertiary alicyclic amines) is 1. The third kappa shape index (κ3) is 4.58. The molecule has 3 saturated heterocycles. The molecule has 3 fully saturated rings. The van der Waals surface area contributed by atoms with Gasteiger partial charge < -0.3 is 23.8 Å². The first-order chi connectivity index (χ1) is 17.6. The maximum Gasteiger partial charge on any atom is 0.275 e. The van der Waals surface area contributed by atoms with Crippen LogP contribution in [-0.2, 0) is 26.4 Å².